The number of fused-ring (bicyclic) bond motifs is 2. The summed E-state index contributed by atoms with van der Waals surface area (Å²) < 4.78 is 11.4. The highest BCUT2D eigenvalue weighted by atomic mass is 35.5. The van der Waals surface area contributed by atoms with Crippen LogP contribution in [0.25, 0.3) is 11.0 Å². The lowest BCUT2D eigenvalue weighted by Crippen LogP contribution is -2.38. The quantitative estimate of drug-likeness (QED) is 0.482. The van der Waals surface area contributed by atoms with Crippen LogP contribution in [-0.4, -0.2) is 61.4 Å². The first kappa shape index (κ1) is 22.5. The molecule has 6 nitrogen and oxygen atoms in total. The van der Waals surface area contributed by atoms with E-state index in [0.717, 1.165) is 49.7 Å². The van der Waals surface area contributed by atoms with Crippen LogP contribution in [0.3, 0.4) is 0 Å². The molecular formula is C25H25ClN2O4S. The number of rotatable bonds is 6. The van der Waals surface area contributed by atoms with Gasteiger partial charge in [-0.05, 0) is 48.6 Å². The van der Waals surface area contributed by atoms with Crippen molar-refractivity contribution in [2.75, 3.05) is 45.6 Å². The van der Waals surface area contributed by atoms with Crippen LogP contribution < -0.4 is 5.43 Å². The van der Waals surface area contributed by atoms with Gasteiger partial charge in [-0.15, -0.1) is 11.8 Å². The van der Waals surface area contributed by atoms with Gasteiger partial charge in [0.1, 0.15) is 5.58 Å². The highest BCUT2D eigenvalue weighted by Crippen LogP contribution is 2.39. The maximum Gasteiger partial charge on any atom is 0.290 e. The Bertz CT molecular complexity index is 1240. The summed E-state index contributed by atoms with van der Waals surface area (Å²) in [6.07, 6.45) is 2.82. The summed E-state index contributed by atoms with van der Waals surface area (Å²) in [4.78, 5) is 32.3. The van der Waals surface area contributed by atoms with E-state index in [1.807, 2.05) is 30.5 Å². The van der Waals surface area contributed by atoms with E-state index in [1.165, 1.54) is 0 Å². The van der Waals surface area contributed by atoms with Crippen LogP contribution in [-0.2, 0) is 4.74 Å². The van der Waals surface area contributed by atoms with Crippen LogP contribution >= 0.6 is 23.4 Å². The fourth-order valence-corrected chi connectivity index (χ4v) is 5.23. The van der Waals surface area contributed by atoms with Crippen LogP contribution in [0.2, 0.25) is 5.02 Å². The van der Waals surface area contributed by atoms with Crippen LogP contribution in [0.5, 0.6) is 0 Å². The van der Waals surface area contributed by atoms with Gasteiger partial charge in [0.25, 0.3) is 5.91 Å². The molecule has 0 saturated carbocycles. The molecule has 1 fully saturated rings. The second-order valence-electron chi connectivity index (χ2n) is 8.30. The number of halogens is 1. The predicted octanol–water partition coefficient (Wildman–Crippen LogP) is 4.44. The molecule has 33 heavy (non-hydrogen) atoms. The molecule has 172 valence electrons. The predicted molar refractivity (Wildman–Crippen MR) is 130 cm³/mol. The Balaban J connectivity index is 1.53. The molecule has 1 amide bonds. The summed E-state index contributed by atoms with van der Waals surface area (Å²) in [6.45, 7) is 4.70. The van der Waals surface area contributed by atoms with Crippen molar-refractivity contribution >= 4 is 40.2 Å². The Morgan fingerprint density at radius 3 is 2.55 bits per heavy atom. The first-order valence-corrected chi connectivity index (χ1v) is 12.7. The van der Waals surface area contributed by atoms with Crippen LogP contribution in [0.4, 0.5) is 0 Å². The van der Waals surface area contributed by atoms with Crippen molar-refractivity contribution in [3.63, 3.8) is 0 Å². The van der Waals surface area contributed by atoms with Crippen molar-refractivity contribution in [1.82, 2.24) is 9.80 Å². The van der Waals surface area contributed by atoms with E-state index >= 15 is 0 Å². The lowest BCUT2D eigenvalue weighted by molar-refractivity contribution is 0.0353. The number of hydrogen-bond donors (Lipinski definition) is 0. The number of ether oxygens (including phenoxy) is 1. The lowest BCUT2D eigenvalue weighted by atomic mass is 9.98. The molecule has 1 atom stereocenters. The van der Waals surface area contributed by atoms with Crippen LogP contribution in [0.15, 0.2) is 56.6 Å². The molecule has 2 aromatic carbocycles. The van der Waals surface area contributed by atoms with Gasteiger partial charge in [-0.25, -0.2) is 0 Å². The Kier molecular flexibility index (Phi) is 6.47. The number of nitrogens with zero attached hydrogens (tertiary/aromatic N) is 2. The van der Waals surface area contributed by atoms with Gasteiger partial charge in [-0.3, -0.25) is 14.5 Å². The monoisotopic (exact) mass is 484 g/mol. The van der Waals surface area contributed by atoms with Crippen molar-refractivity contribution < 1.29 is 13.9 Å². The molecule has 3 heterocycles. The van der Waals surface area contributed by atoms with Gasteiger partial charge in [-0.1, -0.05) is 23.7 Å². The van der Waals surface area contributed by atoms with Gasteiger partial charge in [0, 0.05) is 36.1 Å². The second-order valence-corrected chi connectivity index (χ2v) is 9.61. The average Bonchev–Trinajstić information content (AvgIpc) is 3.12. The molecule has 0 radical (unpaired) electrons. The maximum absolute atomic E-state index is 13.6. The molecule has 0 aliphatic carbocycles. The third kappa shape index (κ3) is 4.30. The van der Waals surface area contributed by atoms with E-state index in [2.05, 4.69) is 4.90 Å². The Labute approximate surface area is 201 Å². The molecule has 1 saturated heterocycles. The summed E-state index contributed by atoms with van der Waals surface area (Å²) in [5, 5.41) is 0.859. The van der Waals surface area contributed by atoms with Crippen molar-refractivity contribution in [2.24, 2.45) is 0 Å². The number of morpholine rings is 1. The maximum atomic E-state index is 13.6. The van der Waals surface area contributed by atoms with E-state index in [9.17, 15) is 9.59 Å². The molecule has 2 aliphatic heterocycles. The number of carbonyl (C=O) groups excluding carboxylic acids is 1. The van der Waals surface area contributed by atoms with E-state index < -0.39 is 6.04 Å². The van der Waals surface area contributed by atoms with Gasteiger partial charge in [0.2, 0.25) is 5.76 Å². The second kappa shape index (κ2) is 9.50. The first-order chi connectivity index (χ1) is 16.1. The highest BCUT2D eigenvalue weighted by molar-refractivity contribution is 7.98. The SMILES string of the molecule is CSc1ccc([C@H]2c3c(oc4ccc(Cl)cc4c3=O)C(=O)N2CCCN2CCOCC2)cc1. The zero-order valence-corrected chi connectivity index (χ0v) is 20.0. The minimum atomic E-state index is -0.479. The Hall–Kier alpha value is -2.32. The molecule has 2 aliphatic rings. The first-order valence-electron chi connectivity index (χ1n) is 11.1. The smallest absolute Gasteiger partial charge is 0.290 e. The van der Waals surface area contributed by atoms with Crippen molar-refractivity contribution in [3.8, 4) is 0 Å². The highest BCUT2D eigenvalue weighted by Gasteiger charge is 2.42. The standard InChI is InChI=1S/C25H25ClN2O4S/c1-33-18-6-3-16(4-7-18)22-21-23(29)19-15-17(26)5-8-20(19)32-24(21)25(30)28(22)10-2-9-27-11-13-31-14-12-27/h3-8,15,22H,2,9-14H2,1H3/t22-/m0/s1. The fourth-order valence-electron chi connectivity index (χ4n) is 4.65. The summed E-state index contributed by atoms with van der Waals surface area (Å²) in [6, 6.07) is 12.5. The van der Waals surface area contributed by atoms with Gasteiger partial charge < -0.3 is 14.1 Å². The normalized spacial score (nSPS) is 18.8. The van der Waals surface area contributed by atoms with E-state index in [4.69, 9.17) is 20.8 Å². The minimum absolute atomic E-state index is 0.139. The Morgan fingerprint density at radius 1 is 1.06 bits per heavy atom. The number of hydrogen-bond acceptors (Lipinski definition) is 6. The lowest BCUT2D eigenvalue weighted by Gasteiger charge is -2.29. The number of amides is 1. The molecule has 8 heteroatoms. The zero-order valence-electron chi connectivity index (χ0n) is 18.4. The molecule has 5 rings (SSSR count). The third-order valence-corrected chi connectivity index (χ3v) is 7.31. The molecule has 0 spiro atoms. The van der Waals surface area contributed by atoms with Gasteiger partial charge >= 0.3 is 0 Å². The molecule has 0 bridgehead atoms. The number of benzene rings is 2. The van der Waals surface area contributed by atoms with Gasteiger partial charge in [-0.2, -0.15) is 0 Å². The van der Waals surface area contributed by atoms with Crippen molar-refractivity contribution in [2.45, 2.75) is 17.4 Å². The third-order valence-electron chi connectivity index (χ3n) is 6.34. The molecule has 0 unspecified atom stereocenters. The minimum Gasteiger partial charge on any atom is -0.450 e. The largest absolute Gasteiger partial charge is 0.450 e. The zero-order chi connectivity index (χ0) is 22.9. The van der Waals surface area contributed by atoms with Crippen molar-refractivity contribution in [1.29, 1.82) is 0 Å². The van der Waals surface area contributed by atoms with Gasteiger partial charge in [0.05, 0.1) is 30.2 Å². The van der Waals surface area contributed by atoms with Crippen molar-refractivity contribution in [3.05, 3.63) is 74.6 Å². The van der Waals surface area contributed by atoms with Crippen LogP contribution in [0, 0.1) is 0 Å². The molecule has 1 aromatic heterocycles. The van der Waals surface area contributed by atoms with Crippen LogP contribution in [0.1, 0.15) is 34.1 Å². The topological polar surface area (TPSA) is 63.0 Å². The average molecular weight is 485 g/mol. The molecular weight excluding hydrogens is 460 g/mol. The van der Waals surface area contributed by atoms with E-state index in [0.29, 0.717) is 28.1 Å². The fraction of sp³-hybridized carbons (Fsp3) is 0.360. The van der Waals surface area contributed by atoms with Gasteiger partial charge in [0.15, 0.2) is 5.43 Å². The summed E-state index contributed by atoms with van der Waals surface area (Å²) in [5.74, 6) is -0.0972. The number of thioether (sulfide) groups is 1. The summed E-state index contributed by atoms with van der Waals surface area (Å²) >= 11 is 7.81. The molecule has 0 N–H and O–H groups in total. The Morgan fingerprint density at radius 2 is 1.82 bits per heavy atom. The number of carbonyl (C=O) groups is 1. The summed E-state index contributed by atoms with van der Waals surface area (Å²) in [5.41, 5.74) is 1.48. The molecule has 3 aromatic rings. The van der Waals surface area contributed by atoms with E-state index in [-0.39, 0.29) is 17.1 Å². The summed E-state index contributed by atoms with van der Waals surface area (Å²) in [7, 11) is 0. The van der Waals surface area contributed by atoms with E-state index in [1.54, 1.807) is 34.9 Å².